The minimum absolute atomic E-state index is 0.162. The Morgan fingerprint density at radius 2 is 2.07 bits per heavy atom. The number of amides is 1. The van der Waals surface area contributed by atoms with E-state index in [-0.39, 0.29) is 24.6 Å². The lowest BCUT2D eigenvalue weighted by Crippen LogP contribution is -2.32. The number of aromatic amines is 1. The molecule has 0 unspecified atom stereocenters. The lowest BCUT2D eigenvalue weighted by Gasteiger charge is -2.18. The van der Waals surface area contributed by atoms with Gasteiger partial charge in [0.15, 0.2) is 6.61 Å². The fraction of sp³-hybridized carbons (Fsp3) is 0.211. The van der Waals surface area contributed by atoms with Gasteiger partial charge in [-0.25, -0.2) is 4.98 Å². The molecule has 3 rings (SSSR count). The van der Waals surface area contributed by atoms with Crippen molar-refractivity contribution < 1.29 is 9.53 Å². The third-order valence-electron chi connectivity index (χ3n) is 4.01. The Kier molecular flexibility index (Phi) is 5.82. The number of aromatic nitrogens is 2. The van der Waals surface area contributed by atoms with Gasteiger partial charge in [0.05, 0.1) is 22.5 Å². The highest BCUT2D eigenvalue weighted by Crippen LogP contribution is 2.31. The summed E-state index contributed by atoms with van der Waals surface area (Å²) in [4.78, 5) is 33.1. The van der Waals surface area contributed by atoms with Crippen molar-refractivity contribution in [2.75, 3.05) is 13.7 Å². The topological polar surface area (TPSA) is 75.3 Å². The van der Waals surface area contributed by atoms with Crippen molar-refractivity contribution in [2.45, 2.75) is 13.5 Å². The van der Waals surface area contributed by atoms with Gasteiger partial charge in [-0.15, -0.1) is 0 Å². The number of nitrogens with zero attached hydrogens (tertiary/aromatic N) is 2. The van der Waals surface area contributed by atoms with Crippen molar-refractivity contribution in [3.63, 3.8) is 0 Å². The normalized spacial score (nSPS) is 10.8. The van der Waals surface area contributed by atoms with Crippen molar-refractivity contribution in [3.8, 4) is 5.75 Å². The number of ether oxygens (including phenoxy) is 1. The minimum atomic E-state index is -0.260. The van der Waals surface area contributed by atoms with Crippen LogP contribution in [0.1, 0.15) is 11.4 Å². The molecule has 3 aromatic rings. The second kappa shape index (κ2) is 8.10. The molecule has 2 aromatic carbocycles. The summed E-state index contributed by atoms with van der Waals surface area (Å²) in [7, 11) is 1.62. The predicted octanol–water partition coefficient (Wildman–Crippen LogP) is 3.68. The molecule has 1 N–H and O–H groups in total. The van der Waals surface area contributed by atoms with Crippen LogP contribution in [-0.4, -0.2) is 34.4 Å². The first-order valence-electron chi connectivity index (χ1n) is 8.15. The number of carbonyl (C=O) groups excluding carboxylic acids is 1. The van der Waals surface area contributed by atoms with Gasteiger partial charge in [-0.3, -0.25) is 9.59 Å². The van der Waals surface area contributed by atoms with E-state index in [1.54, 1.807) is 31.3 Å². The summed E-state index contributed by atoms with van der Waals surface area (Å²) in [5.41, 5.74) is 1.18. The van der Waals surface area contributed by atoms with Crippen molar-refractivity contribution in [1.29, 1.82) is 0 Å². The maximum atomic E-state index is 12.4. The number of likely N-dealkylation sites (N-methyl/N-ethyl adjacent to an activating group) is 1. The van der Waals surface area contributed by atoms with Crippen LogP contribution in [-0.2, 0) is 11.3 Å². The van der Waals surface area contributed by atoms with Crippen LogP contribution in [0.15, 0.2) is 45.7 Å². The van der Waals surface area contributed by atoms with Crippen LogP contribution in [0, 0.1) is 6.92 Å². The van der Waals surface area contributed by atoms with Crippen LogP contribution in [0.5, 0.6) is 5.75 Å². The van der Waals surface area contributed by atoms with Crippen LogP contribution >= 0.6 is 27.5 Å². The van der Waals surface area contributed by atoms with Crippen molar-refractivity contribution in [3.05, 3.63) is 67.6 Å². The van der Waals surface area contributed by atoms with Crippen LogP contribution < -0.4 is 10.3 Å². The van der Waals surface area contributed by atoms with E-state index >= 15 is 0 Å². The molecule has 0 atom stereocenters. The second-order valence-electron chi connectivity index (χ2n) is 6.10. The van der Waals surface area contributed by atoms with Gasteiger partial charge in [0.1, 0.15) is 11.6 Å². The maximum absolute atomic E-state index is 12.4. The highest BCUT2D eigenvalue weighted by molar-refractivity contribution is 9.10. The molecule has 1 heterocycles. The molecule has 0 spiro atoms. The summed E-state index contributed by atoms with van der Waals surface area (Å²) < 4.78 is 6.44. The molecule has 8 heteroatoms. The standard InChI is InChI=1S/C19H17BrClN3O3/c1-11-7-12(20)8-14(21)18(11)27-10-17(25)24(2)9-16-22-15-6-4-3-5-13(15)19(26)23-16/h3-8H,9-10H2,1-2H3,(H,22,23,26). The SMILES string of the molecule is Cc1cc(Br)cc(Cl)c1OCC(=O)N(C)Cc1nc2ccccc2c(=O)[nH]1. The molecule has 140 valence electrons. The van der Waals surface area contributed by atoms with Crippen LogP contribution in [0.3, 0.4) is 0 Å². The number of fused-ring (bicyclic) bond motifs is 1. The summed E-state index contributed by atoms with van der Waals surface area (Å²) in [6.45, 7) is 1.84. The Balaban J connectivity index is 1.69. The van der Waals surface area contributed by atoms with Gasteiger partial charge in [-0.05, 0) is 36.8 Å². The molecule has 0 fully saturated rings. The van der Waals surface area contributed by atoms with Gasteiger partial charge in [0, 0.05) is 11.5 Å². The Morgan fingerprint density at radius 3 is 2.81 bits per heavy atom. The fourth-order valence-corrected chi connectivity index (χ4v) is 3.66. The predicted molar refractivity (Wildman–Crippen MR) is 108 cm³/mol. The number of H-pyrrole nitrogens is 1. The zero-order valence-electron chi connectivity index (χ0n) is 14.8. The first-order valence-corrected chi connectivity index (χ1v) is 9.32. The molecule has 0 aliphatic heterocycles. The first kappa shape index (κ1) is 19.4. The molecule has 0 aliphatic carbocycles. The summed E-state index contributed by atoms with van der Waals surface area (Å²) in [5.74, 6) is 0.621. The molecule has 0 saturated heterocycles. The van der Waals surface area contributed by atoms with Crippen LogP contribution in [0.2, 0.25) is 5.02 Å². The third-order valence-corrected chi connectivity index (χ3v) is 4.75. The maximum Gasteiger partial charge on any atom is 0.260 e. The Morgan fingerprint density at radius 1 is 1.33 bits per heavy atom. The van der Waals surface area contributed by atoms with Gasteiger partial charge in [-0.1, -0.05) is 39.7 Å². The quantitative estimate of drug-likeness (QED) is 0.643. The Hall–Kier alpha value is -2.38. The minimum Gasteiger partial charge on any atom is -0.482 e. The van der Waals surface area contributed by atoms with Gasteiger partial charge in [0.2, 0.25) is 0 Å². The first-order chi connectivity index (χ1) is 12.8. The number of carbonyl (C=O) groups is 1. The van der Waals surface area contributed by atoms with E-state index in [9.17, 15) is 9.59 Å². The average Bonchev–Trinajstić information content (AvgIpc) is 2.60. The van der Waals surface area contributed by atoms with E-state index in [4.69, 9.17) is 16.3 Å². The zero-order valence-corrected chi connectivity index (χ0v) is 17.1. The van der Waals surface area contributed by atoms with E-state index in [0.29, 0.717) is 27.5 Å². The molecule has 6 nitrogen and oxygen atoms in total. The van der Waals surface area contributed by atoms with E-state index < -0.39 is 0 Å². The molecule has 0 radical (unpaired) electrons. The second-order valence-corrected chi connectivity index (χ2v) is 7.42. The van der Waals surface area contributed by atoms with Crippen molar-refractivity contribution >= 4 is 44.3 Å². The summed E-state index contributed by atoms with van der Waals surface area (Å²) >= 11 is 9.53. The average molecular weight is 451 g/mol. The zero-order chi connectivity index (χ0) is 19.6. The van der Waals surface area contributed by atoms with Gasteiger partial charge < -0.3 is 14.6 Å². The number of rotatable bonds is 5. The molecular formula is C19H17BrClN3O3. The molecule has 0 bridgehead atoms. The highest BCUT2D eigenvalue weighted by Gasteiger charge is 2.15. The summed E-state index contributed by atoms with van der Waals surface area (Å²) in [6, 6.07) is 10.6. The monoisotopic (exact) mass is 449 g/mol. The summed E-state index contributed by atoms with van der Waals surface area (Å²) in [5, 5.41) is 0.941. The van der Waals surface area contributed by atoms with Crippen molar-refractivity contribution in [2.24, 2.45) is 0 Å². The summed E-state index contributed by atoms with van der Waals surface area (Å²) in [6.07, 6.45) is 0. The highest BCUT2D eigenvalue weighted by atomic mass is 79.9. The van der Waals surface area contributed by atoms with Gasteiger partial charge in [-0.2, -0.15) is 0 Å². The number of hydrogen-bond acceptors (Lipinski definition) is 4. The Labute approximate surface area is 169 Å². The van der Waals surface area contributed by atoms with Crippen LogP contribution in [0.4, 0.5) is 0 Å². The number of para-hydroxylation sites is 1. The largest absolute Gasteiger partial charge is 0.482 e. The molecule has 1 amide bonds. The van der Waals surface area contributed by atoms with E-state index in [0.717, 1.165) is 10.0 Å². The fourth-order valence-electron chi connectivity index (χ4n) is 2.64. The number of halogens is 2. The van der Waals surface area contributed by atoms with E-state index in [2.05, 4.69) is 25.9 Å². The molecule has 1 aromatic heterocycles. The molecule has 27 heavy (non-hydrogen) atoms. The van der Waals surface area contributed by atoms with Gasteiger partial charge >= 0.3 is 0 Å². The smallest absolute Gasteiger partial charge is 0.260 e. The number of benzene rings is 2. The van der Waals surface area contributed by atoms with Gasteiger partial charge in [0.25, 0.3) is 11.5 Å². The number of nitrogens with one attached hydrogen (secondary N) is 1. The molecule has 0 saturated carbocycles. The Bertz CT molecular complexity index is 1040. The molecule has 0 aliphatic rings. The number of aryl methyl sites for hydroxylation is 1. The van der Waals surface area contributed by atoms with E-state index in [1.165, 1.54) is 4.90 Å². The lowest BCUT2D eigenvalue weighted by molar-refractivity contribution is -0.132. The number of hydrogen-bond donors (Lipinski definition) is 1. The van der Waals surface area contributed by atoms with Crippen LogP contribution in [0.25, 0.3) is 10.9 Å². The van der Waals surface area contributed by atoms with Crippen molar-refractivity contribution in [1.82, 2.24) is 14.9 Å². The lowest BCUT2D eigenvalue weighted by atomic mass is 10.2. The molecular weight excluding hydrogens is 434 g/mol. The third kappa shape index (κ3) is 4.48. The van der Waals surface area contributed by atoms with E-state index in [1.807, 2.05) is 19.1 Å².